The van der Waals surface area contributed by atoms with Crippen molar-refractivity contribution in [3.63, 3.8) is 0 Å². The lowest BCUT2D eigenvalue weighted by molar-refractivity contribution is 0.811. The van der Waals surface area contributed by atoms with Crippen LogP contribution in [0.3, 0.4) is 0 Å². The highest BCUT2D eigenvalue weighted by Crippen LogP contribution is 2.30. The molecular weight excluding hydrogens is 282 g/mol. The molecule has 0 unspecified atom stereocenters. The van der Waals surface area contributed by atoms with Gasteiger partial charge in [-0.05, 0) is 38.3 Å². The van der Waals surface area contributed by atoms with Crippen LogP contribution >= 0.6 is 11.3 Å². The van der Waals surface area contributed by atoms with Crippen LogP contribution in [-0.4, -0.2) is 19.7 Å². The smallest absolute Gasteiger partial charge is 0.223 e. The molecule has 3 heterocycles. The molecular formula is C15H19N5S. The fraction of sp³-hybridized carbons (Fsp3) is 0.400. The number of thiophene rings is 1. The molecule has 0 aliphatic carbocycles. The molecule has 2 N–H and O–H groups in total. The summed E-state index contributed by atoms with van der Waals surface area (Å²) in [6.07, 6.45) is 1.95. The topological polar surface area (TPSA) is 69.6 Å². The Morgan fingerprint density at radius 1 is 1.19 bits per heavy atom. The largest absolute Gasteiger partial charge is 0.368 e. The number of rotatable bonds is 3. The predicted octanol–water partition coefficient (Wildman–Crippen LogP) is 3.20. The molecule has 0 aliphatic heterocycles. The molecule has 0 aromatic carbocycles. The first-order valence-corrected chi connectivity index (χ1v) is 7.98. The van der Waals surface area contributed by atoms with Crippen molar-refractivity contribution in [1.82, 2.24) is 19.7 Å². The van der Waals surface area contributed by atoms with E-state index in [1.807, 2.05) is 11.6 Å². The van der Waals surface area contributed by atoms with Gasteiger partial charge in [-0.25, -0.2) is 9.67 Å². The summed E-state index contributed by atoms with van der Waals surface area (Å²) in [6.45, 7) is 8.40. The van der Waals surface area contributed by atoms with E-state index in [4.69, 9.17) is 5.73 Å². The van der Waals surface area contributed by atoms with E-state index < -0.39 is 0 Å². The van der Waals surface area contributed by atoms with Crippen LogP contribution in [0, 0.1) is 13.8 Å². The average molecular weight is 301 g/mol. The molecule has 0 radical (unpaired) electrons. The summed E-state index contributed by atoms with van der Waals surface area (Å²) in [5.41, 5.74) is 9.32. The summed E-state index contributed by atoms with van der Waals surface area (Å²) in [6, 6.07) is 2.15. The van der Waals surface area contributed by atoms with E-state index in [-0.39, 0.29) is 0 Å². The summed E-state index contributed by atoms with van der Waals surface area (Å²) in [4.78, 5) is 11.0. The van der Waals surface area contributed by atoms with Crippen molar-refractivity contribution in [3.05, 3.63) is 27.9 Å². The zero-order chi connectivity index (χ0) is 15.1. The van der Waals surface area contributed by atoms with Crippen LogP contribution in [0.1, 0.15) is 35.7 Å². The molecule has 3 aromatic heterocycles. The zero-order valence-electron chi connectivity index (χ0n) is 12.8. The molecule has 6 heteroatoms. The van der Waals surface area contributed by atoms with Gasteiger partial charge in [0.2, 0.25) is 5.95 Å². The van der Waals surface area contributed by atoms with Crippen molar-refractivity contribution in [2.24, 2.45) is 0 Å². The van der Waals surface area contributed by atoms with E-state index >= 15 is 0 Å². The van der Waals surface area contributed by atoms with Gasteiger partial charge in [0.25, 0.3) is 0 Å². The van der Waals surface area contributed by atoms with Crippen LogP contribution in [0.4, 0.5) is 5.95 Å². The Balaban J connectivity index is 2.31. The van der Waals surface area contributed by atoms with Gasteiger partial charge in [-0.1, -0.05) is 13.8 Å². The fourth-order valence-corrected chi connectivity index (χ4v) is 3.67. The molecule has 0 amide bonds. The second kappa shape index (κ2) is 5.11. The number of hydrogen-bond donors (Lipinski definition) is 1. The number of aryl methyl sites for hydroxylation is 2. The van der Waals surface area contributed by atoms with Crippen LogP contribution in [0.25, 0.3) is 16.0 Å². The molecule has 3 rings (SSSR count). The number of anilines is 1. The third kappa shape index (κ3) is 2.19. The molecule has 110 valence electrons. The van der Waals surface area contributed by atoms with Crippen LogP contribution in [0.15, 0.2) is 6.07 Å². The van der Waals surface area contributed by atoms with Gasteiger partial charge in [-0.15, -0.1) is 11.3 Å². The van der Waals surface area contributed by atoms with Crippen molar-refractivity contribution >= 4 is 27.5 Å². The van der Waals surface area contributed by atoms with E-state index in [0.29, 0.717) is 5.95 Å². The van der Waals surface area contributed by atoms with E-state index in [9.17, 15) is 0 Å². The first-order valence-electron chi connectivity index (χ1n) is 7.16. The molecule has 0 saturated heterocycles. The summed E-state index contributed by atoms with van der Waals surface area (Å²) in [5.74, 6) is 1.08. The molecule has 0 spiro atoms. The summed E-state index contributed by atoms with van der Waals surface area (Å²) < 4.78 is 1.90. The quantitative estimate of drug-likeness (QED) is 0.806. The Bertz CT molecular complexity index is 815. The highest BCUT2D eigenvalue weighted by atomic mass is 32.1. The Morgan fingerprint density at radius 3 is 2.57 bits per heavy atom. The number of hydrogen-bond acceptors (Lipinski definition) is 5. The Hall–Kier alpha value is -1.95. The monoisotopic (exact) mass is 301 g/mol. The second-order valence-electron chi connectivity index (χ2n) is 5.11. The molecule has 0 bridgehead atoms. The van der Waals surface area contributed by atoms with Gasteiger partial charge >= 0.3 is 0 Å². The zero-order valence-corrected chi connectivity index (χ0v) is 13.6. The van der Waals surface area contributed by atoms with Gasteiger partial charge in [0, 0.05) is 10.6 Å². The Kier molecular flexibility index (Phi) is 3.41. The van der Waals surface area contributed by atoms with Crippen LogP contribution in [0.5, 0.6) is 0 Å². The van der Waals surface area contributed by atoms with Crippen molar-refractivity contribution in [2.75, 3.05) is 5.73 Å². The van der Waals surface area contributed by atoms with Crippen molar-refractivity contribution < 1.29 is 0 Å². The number of aromatic nitrogens is 4. The van der Waals surface area contributed by atoms with Gasteiger partial charge in [0.15, 0.2) is 5.82 Å². The lowest BCUT2D eigenvalue weighted by atomic mass is 10.1. The molecule has 0 aliphatic rings. The predicted molar refractivity (Wildman–Crippen MR) is 87.2 cm³/mol. The first kappa shape index (κ1) is 14.0. The van der Waals surface area contributed by atoms with Gasteiger partial charge < -0.3 is 5.73 Å². The summed E-state index contributed by atoms with van der Waals surface area (Å²) >= 11 is 1.67. The van der Waals surface area contributed by atoms with E-state index in [0.717, 1.165) is 40.3 Å². The van der Waals surface area contributed by atoms with E-state index in [1.165, 1.54) is 10.4 Å². The maximum Gasteiger partial charge on any atom is 0.223 e. The minimum Gasteiger partial charge on any atom is -0.368 e. The Labute approximate surface area is 127 Å². The lowest BCUT2D eigenvalue weighted by Crippen LogP contribution is -2.06. The van der Waals surface area contributed by atoms with E-state index in [1.54, 1.807) is 11.3 Å². The number of nitrogen functional groups attached to an aromatic ring is 1. The molecule has 0 atom stereocenters. The SMILES string of the molecule is CCc1cc2c(-n3nc(C)c(CC)c3C)nc(N)nc2s1. The van der Waals surface area contributed by atoms with Crippen molar-refractivity contribution in [1.29, 1.82) is 0 Å². The van der Waals surface area contributed by atoms with Crippen LogP contribution < -0.4 is 5.73 Å². The highest BCUT2D eigenvalue weighted by Gasteiger charge is 2.17. The van der Waals surface area contributed by atoms with E-state index in [2.05, 4.69) is 41.9 Å². The normalized spacial score (nSPS) is 11.4. The summed E-state index contributed by atoms with van der Waals surface area (Å²) in [7, 11) is 0. The molecule has 5 nitrogen and oxygen atoms in total. The first-order chi connectivity index (χ1) is 10.0. The number of nitrogens with two attached hydrogens (primary N) is 1. The summed E-state index contributed by atoms with van der Waals surface area (Å²) in [5, 5.41) is 5.68. The van der Waals surface area contributed by atoms with Gasteiger partial charge in [-0.3, -0.25) is 0 Å². The maximum atomic E-state index is 5.88. The van der Waals surface area contributed by atoms with Crippen LogP contribution in [0.2, 0.25) is 0 Å². The fourth-order valence-electron chi connectivity index (χ4n) is 2.70. The standard InChI is InChI=1S/C15H19N5S/c1-5-10-7-12-13(17-15(16)18-14(12)21-10)20-9(4)11(6-2)8(3)19-20/h7H,5-6H2,1-4H3,(H2,16,17,18). The second-order valence-corrected chi connectivity index (χ2v) is 6.22. The molecule has 21 heavy (non-hydrogen) atoms. The minimum absolute atomic E-state index is 0.299. The average Bonchev–Trinajstić information content (AvgIpc) is 2.98. The van der Waals surface area contributed by atoms with Gasteiger partial charge in [0.1, 0.15) is 4.83 Å². The van der Waals surface area contributed by atoms with Crippen molar-refractivity contribution in [3.8, 4) is 5.82 Å². The molecule has 0 saturated carbocycles. The number of fused-ring (bicyclic) bond motifs is 1. The van der Waals surface area contributed by atoms with Crippen LogP contribution in [-0.2, 0) is 12.8 Å². The number of nitrogens with zero attached hydrogens (tertiary/aromatic N) is 4. The third-order valence-corrected chi connectivity index (χ3v) is 4.96. The minimum atomic E-state index is 0.299. The van der Waals surface area contributed by atoms with Gasteiger partial charge in [0.05, 0.1) is 11.1 Å². The maximum absolute atomic E-state index is 5.88. The molecule has 0 fully saturated rings. The third-order valence-electron chi connectivity index (χ3n) is 3.78. The Morgan fingerprint density at radius 2 is 1.95 bits per heavy atom. The lowest BCUT2D eigenvalue weighted by Gasteiger charge is -2.06. The van der Waals surface area contributed by atoms with Gasteiger partial charge in [-0.2, -0.15) is 10.1 Å². The van der Waals surface area contributed by atoms with Crippen molar-refractivity contribution in [2.45, 2.75) is 40.5 Å². The molecule has 3 aromatic rings. The highest BCUT2D eigenvalue weighted by molar-refractivity contribution is 7.18.